The number of hydrogen-bond donors (Lipinski definition) is 1. The van der Waals surface area contributed by atoms with Gasteiger partial charge in [0.1, 0.15) is 17.2 Å². The van der Waals surface area contributed by atoms with Gasteiger partial charge in [-0.25, -0.2) is 0 Å². The highest BCUT2D eigenvalue weighted by atomic mass is 16.6. The Morgan fingerprint density at radius 3 is 2.32 bits per heavy atom. The molecule has 1 heterocycles. The van der Waals surface area contributed by atoms with Crippen molar-refractivity contribution >= 4 is 29.0 Å². The zero-order valence-corrected chi connectivity index (χ0v) is 19.0. The summed E-state index contributed by atoms with van der Waals surface area (Å²) in [6.45, 7) is 10.9. The van der Waals surface area contributed by atoms with E-state index >= 15 is 0 Å². The predicted molar refractivity (Wildman–Crippen MR) is 116 cm³/mol. The first-order chi connectivity index (χ1) is 14.2. The number of carbonyl (C=O) groups is 3. The van der Waals surface area contributed by atoms with E-state index in [1.165, 1.54) is 17.0 Å². The molecule has 0 unspecified atom stereocenters. The van der Waals surface area contributed by atoms with Gasteiger partial charge in [-0.3, -0.25) is 24.5 Å². The third-order valence-corrected chi connectivity index (χ3v) is 4.85. The van der Waals surface area contributed by atoms with Crippen LogP contribution in [0.4, 0.5) is 11.4 Å². The Bertz CT molecular complexity index is 896. The third kappa shape index (κ3) is 6.26. The first-order valence-corrected chi connectivity index (χ1v) is 10.3. The summed E-state index contributed by atoms with van der Waals surface area (Å²) in [5.74, 6) is -0.365. The van der Waals surface area contributed by atoms with Crippen molar-refractivity contribution in [3.63, 3.8) is 0 Å². The van der Waals surface area contributed by atoms with Gasteiger partial charge in [0.25, 0.3) is 11.6 Å². The van der Waals surface area contributed by atoms with Gasteiger partial charge in [0.05, 0.1) is 4.92 Å². The van der Waals surface area contributed by atoms with Crippen LogP contribution < -0.4 is 15.0 Å². The fourth-order valence-corrected chi connectivity index (χ4v) is 3.34. The summed E-state index contributed by atoms with van der Waals surface area (Å²) in [4.78, 5) is 49.4. The number of anilines is 1. The van der Waals surface area contributed by atoms with E-state index in [9.17, 15) is 24.5 Å². The zero-order valence-electron chi connectivity index (χ0n) is 19.0. The molecule has 0 aliphatic carbocycles. The Hall–Kier alpha value is -2.97. The van der Waals surface area contributed by atoms with E-state index < -0.39 is 15.9 Å². The molecule has 1 aliphatic rings. The van der Waals surface area contributed by atoms with Gasteiger partial charge in [0, 0.05) is 42.0 Å². The van der Waals surface area contributed by atoms with Crippen LogP contribution in [0.15, 0.2) is 12.1 Å². The van der Waals surface area contributed by atoms with Gasteiger partial charge in [0.2, 0.25) is 5.91 Å². The summed E-state index contributed by atoms with van der Waals surface area (Å²) >= 11 is 0. The van der Waals surface area contributed by atoms with Gasteiger partial charge in [-0.2, -0.15) is 0 Å². The molecule has 1 aromatic rings. The number of carbonyl (C=O) groups excluding carboxylic acids is 3. The Labute approximate surface area is 182 Å². The van der Waals surface area contributed by atoms with Crippen LogP contribution in [0.5, 0.6) is 5.75 Å². The van der Waals surface area contributed by atoms with E-state index in [4.69, 9.17) is 4.74 Å². The third-order valence-electron chi connectivity index (χ3n) is 4.85. The molecule has 0 fully saturated rings. The zero-order chi connectivity index (χ0) is 23.6. The number of nitro groups is 1. The number of nitrogens with one attached hydrogen (secondary N) is 1. The second-order valence-electron chi connectivity index (χ2n) is 9.72. The van der Waals surface area contributed by atoms with Crippen LogP contribution in [0, 0.1) is 15.5 Å². The van der Waals surface area contributed by atoms with E-state index in [0.29, 0.717) is 17.7 Å². The molecule has 0 radical (unpaired) electrons. The standard InChI is InChI=1S/C22H31N3O6/c1-21(2,3)17(26)9-10-19(28)24-12-11-14-16(8-7-15(20(14)24)25(29)30)31-13-18(27)23-22(4,5)6/h7-8H,9-13H2,1-6H3,(H,23,27). The van der Waals surface area contributed by atoms with Gasteiger partial charge in [-0.05, 0) is 33.3 Å². The minimum atomic E-state index is -0.552. The van der Waals surface area contributed by atoms with Crippen molar-refractivity contribution in [2.75, 3.05) is 18.1 Å². The number of ether oxygens (including phenoxy) is 1. The van der Waals surface area contributed by atoms with Crippen molar-refractivity contribution in [3.8, 4) is 5.75 Å². The highest BCUT2D eigenvalue weighted by Gasteiger charge is 2.35. The normalized spacial score (nSPS) is 13.5. The number of fused-ring (bicyclic) bond motifs is 1. The van der Waals surface area contributed by atoms with Crippen molar-refractivity contribution in [1.82, 2.24) is 5.32 Å². The van der Waals surface area contributed by atoms with E-state index in [1.807, 2.05) is 20.8 Å². The van der Waals surface area contributed by atoms with Crippen molar-refractivity contribution in [3.05, 3.63) is 27.8 Å². The molecular formula is C22H31N3O6. The Kier molecular flexibility index (Phi) is 7.08. The number of ketones is 1. The van der Waals surface area contributed by atoms with Gasteiger partial charge in [0.15, 0.2) is 6.61 Å². The number of amides is 2. The van der Waals surface area contributed by atoms with Gasteiger partial charge < -0.3 is 15.0 Å². The Morgan fingerprint density at radius 1 is 1.13 bits per heavy atom. The summed E-state index contributed by atoms with van der Waals surface area (Å²) in [7, 11) is 0. The van der Waals surface area contributed by atoms with Crippen LogP contribution in [0.25, 0.3) is 0 Å². The lowest BCUT2D eigenvalue weighted by Crippen LogP contribution is -2.43. The van der Waals surface area contributed by atoms with Crippen LogP contribution in [0.3, 0.4) is 0 Å². The monoisotopic (exact) mass is 433 g/mol. The molecule has 0 bridgehead atoms. The maximum absolute atomic E-state index is 12.8. The maximum Gasteiger partial charge on any atom is 0.293 e. The van der Waals surface area contributed by atoms with E-state index in [2.05, 4.69) is 5.32 Å². The lowest BCUT2D eigenvalue weighted by atomic mass is 9.88. The smallest absolute Gasteiger partial charge is 0.293 e. The van der Waals surface area contributed by atoms with Crippen molar-refractivity contribution in [2.24, 2.45) is 5.41 Å². The Balaban J connectivity index is 2.22. The summed E-state index contributed by atoms with van der Waals surface area (Å²) in [6, 6.07) is 2.74. The molecule has 9 nitrogen and oxygen atoms in total. The fourth-order valence-electron chi connectivity index (χ4n) is 3.34. The van der Waals surface area contributed by atoms with Crippen molar-refractivity contribution < 1.29 is 24.0 Å². The van der Waals surface area contributed by atoms with E-state index in [-0.39, 0.29) is 55.0 Å². The van der Waals surface area contributed by atoms with E-state index in [0.717, 1.165) is 0 Å². The lowest BCUT2D eigenvalue weighted by Gasteiger charge is -2.21. The molecule has 0 saturated carbocycles. The molecule has 31 heavy (non-hydrogen) atoms. The second-order valence-corrected chi connectivity index (χ2v) is 9.72. The molecular weight excluding hydrogens is 402 g/mol. The molecule has 0 atom stereocenters. The molecule has 2 rings (SSSR count). The molecule has 0 spiro atoms. The quantitative estimate of drug-likeness (QED) is 0.521. The topological polar surface area (TPSA) is 119 Å². The highest BCUT2D eigenvalue weighted by molar-refractivity contribution is 6.00. The number of benzene rings is 1. The number of rotatable bonds is 7. The van der Waals surface area contributed by atoms with Gasteiger partial charge in [-0.15, -0.1) is 0 Å². The summed E-state index contributed by atoms with van der Waals surface area (Å²) < 4.78 is 5.64. The van der Waals surface area contributed by atoms with Gasteiger partial charge >= 0.3 is 0 Å². The first kappa shape index (κ1) is 24.3. The van der Waals surface area contributed by atoms with Gasteiger partial charge in [-0.1, -0.05) is 20.8 Å². The second kappa shape index (κ2) is 9.03. The molecule has 170 valence electrons. The van der Waals surface area contributed by atoms with Crippen molar-refractivity contribution in [1.29, 1.82) is 0 Å². The van der Waals surface area contributed by atoms with Crippen LogP contribution in [-0.4, -0.2) is 41.2 Å². The summed E-state index contributed by atoms with van der Waals surface area (Å²) in [6.07, 6.45) is 0.420. The average molecular weight is 434 g/mol. The number of Topliss-reactive ketones (excluding diaryl/α,β-unsaturated/α-hetero) is 1. The molecule has 1 aromatic carbocycles. The van der Waals surface area contributed by atoms with E-state index in [1.54, 1.807) is 20.8 Å². The van der Waals surface area contributed by atoms with Crippen molar-refractivity contribution in [2.45, 2.75) is 66.3 Å². The Morgan fingerprint density at radius 2 is 1.77 bits per heavy atom. The number of nitrogens with zero attached hydrogens (tertiary/aromatic N) is 2. The summed E-state index contributed by atoms with van der Waals surface area (Å²) in [5, 5.41) is 14.4. The minimum absolute atomic E-state index is 0.0221. The van der Waals surface area contributed by atoms with Crippen LogP contribution in [0.2, 0.25) is 0 Å². The molecule has 0 saturated heterocycles. The fraction of sp³-hybridized carbons (Fsp3) is 0.591. The molecule has 2 amide bonds. The molecule has 1 aliphatic heterocycles. The molecule has 9 heteroatoms. The van der Waals surface area contributed by atoms with Crippen LogP contribution in [-0.2, 0) is 20.8 Å². The first-order valence-electron chi connectivity index (χ1n) is 10.3. The molecule has 1 N–H and O–H groups in total. The number of hydrogen-bond acceptors (Lipinski definition) is 6. The number of nitro benzene ring substituents is 1. The summed E-state index contributed by atoms with van der Waals surface area (Å²) in [5.41, 5.74) is -0.454. The lowest BCUT2D eigenvalue weighted by molar-refractivity contribution is -0.384. The largest absolute Gasteiger partial charge is 0.483 e. The average Bonchev–Trinajstić information content (AvgIpc) is 3.06. The highest BCUT2D eigenvalue weighted by Crippen LogP contribution is 2.42. The van der Waals surface area contributed by atoms with Crippen LogP contribution >= 0.6 is 0 Å². The van der Waals surface area contributed by atoms with Crippen LogP contribution in [0.1, 0.15) is 59.9 Å². The minimum Gasteiger partial charge on any atom is -0.483 e. The maximum atomic E-state index is 12.8. The predicted octanol–water partition coefficient (Wildman–Crippen LogP) is 3.17. The molecule has 0 aromatic heterocycles. The SMILES string of the molecule is CC(C)(C)NC(=O)COc1ccc([N+](=O)[O-])c2c1CCN2C(=O)CCC(=O)C(C)(C)C.